The molecule has 9 nitrogen and oxygen atoms in total. The molecule has 1 spiro atoms. The van der Waals surface area contributed by atoms with Crippen LogP contribution < -0.4 is 15.4 Å². The minimum Gasteiger partial charge on any atom is -0.497 e. The highest BCUT2D eigenvalue weighted by molar-refractivity contribution is 6.05. The van der Waals surface area contributed by atoms with Crippen LogP contribution in [0.25, 0.3) is 0 Å². The SMILES string of the molecule is COc1ccc(NC(=O)C2N(CCO)C(=O)[C@@H]3[C@@H](C(=O)Nc4ccccc4)[C@]4(C)OC23CC4C)cc1. The first-order valence-electron chi connectivity index (χ1n) is 12.2. The zero-order valence-electron chi connectivity index (χ0n) is 20.6. The maximum atomic E-state index is 13.8. The molecule has 3 N–H and O–H groups in total. The predicted octanol–water partition coefficient (Wildman–Crippen LogP) is 2.28. The van der Waals surface area contributed by atoms with E-state index in [0.717, 1.165) is 0 Å². The largest absolute Gasteiger partial charge is 0.497 e. The Morgan fingerprint density at radius 1 is 1.08 bits per heavy atom. The average Bonchev–Trinajstić information content (AvgIpc) is 3.37. The van der Waals surface area contributed by atoms with Crippen LogP contribution in [-0.2, 0) is 19.1 Å². The van der Waals surface area contributed by atoms with E-state index in [4.69, 9.17) is 9.47 Å². The highest BCUT2D eigenvalue weighted by atomic mass is 16.5. The number of nitrogens with zero attached hydrogens (tertiary/aromatic N) is 1. The molecular formula is C27H31N3O6. The fourth-order valence-electron chi connectivity index (χ4n) is 6.41. The molecule has 0 saturated carbocycles. The molecule has 5 rings (SSSR count). The van der Waals surface area contributed by atoms with Crippen molar-refractivity contribution in [1.82, 2.24) is 4.90 Å². The van der Waals surface area contributed by atoms with Gasteiger partial charge in [-0.1, -0.05) is 25.1 Å². The highest BCUT2D eigenvalue weighted by Gasteiger charge is 2.79. The van der Waals surface area contributed by atoms with Gasteiger partial charge in [-0.2, -0.15) is 0 Å². The predicted molar refractivity (Wildman–Crippen MR) is 132 cm³/mol. The van der Waals surface area contributed by atoms with E-state index < -0.39 is 35.0 Å². The minimum atomic E-state index is -1.17. The van der Waals surface area contributed by atoms with Crippen LogP contribution in [0.2, 0.25) is 0 Å². The number of β-amino-alcohol motifs (C(OH)–C–C–N with tert-alkyl or cyclic N) is 1. The molecule has 0 radical (unpaired) electrons. The third kappa shape index (κ3) is 3.57. The second-order valence-corrected chi connectivity index (χ2v) is 10.0. The number of nitrogens with one attached hydrogen (secondary N) is 2. The minimum absolute atomic E-state index is 0.0285. The summed E-state index contributed by atoms with van der Waals surface area (Å²) in [6, 6.07) is 15.0. The number of benzene rings is 2. The second kappa shape index (κ2) is 8.90. The van der Waals surface area contributed by atoms with Gasteiger partial charge in [0.1, 0.15) is 17.4 Å². The van der Waals surface area contributed by atoms with E-state index in [0.29, 0.717) is 23.5 Å². The van der Waals surface area contributed by atoms with E-state index >= 15 is 0 Å². The molecule has 3 aliphatic heterocycles. The van der Waals surface area contributed by atoms with E-state index in [-0.39, 0.29) is 30.9 Å². The van der Waals surface area contributed by atoms with Crippen molar-refractivity contribution in [1.29, 1.82) is 0 Å². The molecule has 2 aromatic rings. The Bertz CT molecular complexity index is 1170. The molecule has 190 valence electrons. The standard InChI is InChI=1S/C27H31N3O6/c1-16-15-27-21(20(26(16,2)36-27)23(32)28-17-7-5-4-6-8-17)25(34)30(13-14-31)22(27)24(33)29-18-9-11-19(35-3)12-10-18/h4-12,16,20-22,31H,13-15H2,1-3H3,(H,28,32)(H,29,33)/t16?,20-,21-,22?,26+,27?/m0/s1. The molecule has 3 amide bonds. The number of hydrogen-bond acceptors (Lipinski definition) is 6. The number of rotatable bonds is 7. The molecule has 3 unspecified atom stereocenters. The van der Waals surface area contributed by atoms with Crippen molar-refractivity contribution in [2.24, 2.45) is 17.8 Å². The van der Waals surface area contributed by atoms with Crippen LogP contribution in [0.5, 0.6) is 5.75 Å². The second-order valence-electron chi connectivity index (χ2n) is 10.0. The zero-order valence-corrected chi connectivity index (χ0v) is 20.6. The monoisotopic (exact) mass is 493 g/mol. The van der Waals surface area contributed by atoms with E-state index in [1.54, 1.807) is 43.5 Å². The topological polar surface area (TPSA) is 117 Å². The molecule has 3 saturated heterocycles. The quantitative estimate of drug-likeness (QED) is 0.545. The number of carbonyl (C=O) groups is 3. The number of aliphatic hydroxyl groups is 1. The number of anilines is 2. The van der Waals surface area contributed by atoms with Gasteiger partial charge < -0.3 is 30.1 Å². The van der Waals surface area contributed by atoms with Crippen molar-refractivity contribution >= 4 is 29.1 Å². The summed E-state index contributed by atoms with van der Waals surface area (Å²) >= 11 is 0. The third-order valence-electron chi connectivity index (χ3n) is 8.09. The molecule has 3 heterocycles. The molecule has 0 aromatic heterocycles. The average molecular weight is 494 g/mol. The fraction of sp³-hybridized carbons (Fsp3) is 0.444. The molecule has 2 bridgehead atoms. The van der Waals surface area contributed by atoms with Crippen LogP contribution in [0.3, 0.4) is 0 Å². The Kier molecular flexibility index (Phi) is 6.00. The molecule has 9 heteroatoms. The van der Waals surface area contributed by atoms with Gasteiger partial charge in [0, 0.05) is 17.9 Å². The van der Waals surface area contributed by atoms with Crippen molar-refractivity contribution in [3.05, 3.63) is 54.6 Å². The van der Waals surface area contributed by atoms with Crippen LogP contribution >= 0.6 is 0 Å². The van der Waals surface area contributed by atoms with E-state index in [9.17, 15) is 19.5 Å². The summed E-state index contributed by atoms with van der Waals surface area (Å²) in [5.41, 5.74) is -0.914. The van der Waals surface area contributed by atoms with Gasteiger partial charge >= 0.3 is 0 Å². The molecule has 2 aromatic carbocycles. The number of methoxy groups -OCH3 is 1. The van der Waals surface area contributed by atoms with Crippen molar-refractivity contribution in [2.75, 3.05) is 30.9 Å². The van der Waals surface area contributed by atoms with Crippen molar-refractivity contribution in [2.45, 2.75) is 37.5 Å². The first kappa shape index (κ1) is 24.3. The Hall–Kier alpha value is -3.43. The first-order chi connectivity index (χ1) is 17.2. The number of aliphatic hydroxyl groups excluding tert-OH is 1. The van der Waals surface area contributed by atoms with Gasteiger partial charge in [-0.3, -0.25) is 14.4 Å². The van der Waals surface area contributed by atoms with Crippen LogP contribution in [0.15, 0.2) is 54.6 Å². The van der Waals surface area contributed by atoms with Gasteiger partial charge in [0.15, 0.2) is 0 Å². The van der Waals surface area contributed by atoms with Crippen molar-refractivity contribution < 1.29 is 29.0 Å². The Labute approximate surface area is 209 Å². The van der Waals surface area contributed by atoms with Gasteiger partial charge in [0.05, 0.1) is 31.2 Å². The lowest BCUT2D eigenvalue weighted by Gasteiger charge is -2.36. The lowest BCUT2D eigenvalue weighted by molar-refractivity contribution is -0.144. The summed E-state index contributed by atoms with van der Waals surface area (Å²) in [4.78, 5) is 42.5. The zero-order chi connectivity index (χ0) is 25.7. The summed E-state index contributed by atoms with van der Waals surface area (Å²) < 4.78 is 11.8. The Morgan fingerprint density at radius 2 is 1.72 bits per heavy atom. The van der Waals surface area contributed by atoms with Gasteiger partial charge in [-0.05, 0) is 55.7 Å². The summed E-state index contributed by atoms with van der Waals surface area (Å²) in [5, 5.41) is 15.6. The molecule has 3 fully saturated rings. The van der Waals surface area contributed by atoms with Crippen LogP contribution in [0.1, 0.15) is 20.3 Å². The van der Waals surface area contributed by atoms with E-state index in [1.807, 2.05) is 32.0 Å². The third-order valence-corrected chi connectivity index (χ3v) is 8.09. The first-order valence-corrected chi connectivity index (χ1v) is 12.2. The summed E-state index contributed by atoms with van der Waals surface area (Å²) in [6.45, 7) is 3.52. The van der Waals surface area contributed by atoms with Crippen molar-refractivity contribution in [3.8, 4) is 5.75 Å². The number of likely N-dealkylation sites (tertiary alicyclic amines) is 1. The number of amides is 3. The molecule has 6 atom stereocenters. The molecule has 3 aliphatic rings. The lowest BCUT2D eigenvalue weighted by Crippen LogP contribution is -2.54. The van der Waals surface area contributed by atoms with Gasteiger partial charge in [-0.25, -0.2) is 0 Å². The smallest absolute Gasteiger partial charge is 0.250 e. The summed E-state index contributed by atoms with van der Waals surface area (Å²) in [6.07, 6.45) is 0.456. The maximum absolute atomic E-state index is 13.8. The number of carbonyl (C=O) groups excluding carboxylic acids is 3. The number of para-hydroxylation sites is 1. The van der Waals surface area contributed by atoms with Crippen molar-refractivity contribution in [3.63, 3.8) is 0 Å². The Balaban J connectivity index is 1.50. The number of hydrogen-bond donors (Lipinski definition) is 3. The molecule has 36 heavy (non-hydrogen) atoms. The van der Waals surface area contributed by atoms with Crippen LogP contribution in [0, 0.1) is 17.8 Å². The fourth-order valence-corrected chi connectivity index (χ4v) is 6.41. The number of fused-ring (bicyclic) bond motifs is 1. The highest BCUT2D eigenvalue weighted by Crippen LogP contribution is 2.65. The van der Waals surface area contributed by atoms with Gasteiger partial charge in [0.25, 0.3) is 0 Å². The molecular weight excluding hydrogens is 462 g/mol. The van der Waals surface area contributed by atoms with Crippen LogP contribution in [-0.4, -0.2) is 65.2 Å². The number of ether oxygens (including phenoxy) is 2. The van der Waals surface area contributed by atoms with E-state index in [1.165, 1.54) is 4.90 Å². The Morgan fingerprint density at radius 3 is 2.36 bits per heavy atom. The molecule has 0 aliphatic carbocycles. The lowest BCUT2D eigenvalue weighted by atomic mass is 9.62. The normalized spacial score (nSPS) is 32.3. The summed E-state index contributed by atoms with van der Waals surface area (Å²) in [5.74, 6) is -2.10. The summed E-state index contributed by atoms with van der Waals surface area (Å²) in [7, 11) is 1.56. The van der Waals surface area contributed by atoms with Gasteiger partial charge in [0.2, 0.25) is 17.7 Å². The van der Waals surface area contributed by atoms with E-state index in [2.05, 4.69) is 10.6 Å². The van der Waals surface area contributed by atoms with Gasteiger partial charge in [-0.15, -0.1) is 0 Å². The van der Waals surface area contributed by atoms with Crippen LogP contribution in [0.4, 0.5) is 11.4 Å². The maximum Gasteiger partial charge on any atom is 0.250 e.